The first-order valence-electron chi connectivity index (χ1n) is 7.91. The molecule has 0 aliphatic heterocycles. The maximum atomic E-state index is 11.5. The molecule has 2 heterocycles. The van der Waals surface area contributed by atoms with Crippen molar-refractivity contribution < 1.29 is 19.8 Å². The first-order chi connectivity index (χ1) is 12.4. The number of thiophene rings is 1. The predicted octanol–water partition coefficient (Wildman–Crippen LogP) is 3.31. The van der Waals surface area contributed by atoms with E-state index in [1.807, 2.05) is 37.3 Å². The third kappa shape index (κ3) is 3.50. The summed E-state index contributed by atoms with van der Waals surface area (Å²) in [6, 6.07) is 8.40. The van der Waals surface area contributed by atoms with Crippen molar-refractivity contribution in [1.29, 1.82) is 0 Å². The van der Waals surface area contributed by atoms with Crippen LogP contribution in [0.1, 0.15) is 17.1 Å². The van der Waals surface area contributed by atoms with Crippen molar-refractivity contribution in [3.8, 4) is 11.1 Å². The fourth-order valence-corrected chi connectivity index (χ4v) is 3.91. The van der Waals surface area contributed by atoms with Gasteiger partial charge in [0, 0.05) is 10.4 Å². The van der Waals surface area contributed by atoms with E-state index in [1.54, 1.807) is 6.92 Å². The number of rotatable bonds is 6. The van der Waals surface area contributed by atoms with Gasteiger partial charge in [0.05, 0.1) is 11.8 Å². The summed E-state index contributed by atoms with van der Waals surface area (Å²) in [5, 5.41) is 21.8. The van der Waals surface area contributed by atoms with Gasteiger partial charge in [0.25, 0.3) is 0 Å². The molecule has 2 aromatic heterocycles. The Morgan fingerprint density at radius 1 is 1.15 bits per heavy atom. The summed E-state index contributed by atoms with van der Waals surface area (Å²) in [5.74, 6) is -1.62. The van der Waals surface area contributed by atoms with Crippen molar-refractivity contribution in [1.82, 2.24) is 9.97 Å². The minimum absolute atomic E-state index is 0.337. The molecule has 0 saturated heterocycles. The number of carboxylic acids is 2. The summed E-state index contributed by atoms with van der Waals surface area (Å²) in [6.45, 7) is 3.69. The number of nitrogens with one attached hydrogen (secondary N) is 1. The number of fused-ring (bicyclic) bond motifs is 1. The highest BCUT2D eigenvalue weighted by Crippen LogP contribution is 2.40. The molecule has 3 N–H and O–H groups in total. The van der Waals surface area contributed by atoms with Gasteiger partial charge in [-0.2, -0.15) is 0 Å². The second-order valence-electron chi connectivity index (χ2n) is 5.83. The molecule has 0 spiro atoms. The van der Waals surface area contributed by atoms with Crippen LogP contribution in [-0.4, -0.2) is 38.2 Å². The Kier molecular flexibility index (Phi) is 4.85. The molecule has 7 nitrogen and oxygen atoms in total. The lowest BCUT2D eigenvalue weighted by Crippen LogP contribution is -2.32. The molecule has 3 rings (SSSR count). The number of benzene rings is 1. The van der Waals surface area contributed by atoms with Crippen LogP contribution in [0.4, 0.5) is 5.82 Å². The molecule has 0 fully saturated rings. The molecule has 26 heavy (non-hydrogen) atoms. The maximum Gasteiger partial charge on any atom is 0.326 e. The van der Waals surface area contributed by atoms with E-state index in [-0.39, 0.29) is 0 Å². The minimum atomic E-state index is -1.28. The van der Waals surface area contributed by atoms with Crippen LogP contribution in [0, 0.1) is 13.8 Å². The lowest BCUT2D eigenvalue weighted by atomic mass is 10.0. The molecule has 3 aromatic rings. The summed E-state index contributed by atoms with van der Waals surface area (Å²) >= 11 is 1.50. The van der Waals surface area contributed by atoms with Crippen molar-refractivity contribution in [2.45, 2.75) is 26.3 Å². The SMILES string of the molecule is Cc1nc(NC(CC(=O)O)C(=O)O)c2c(-c3ccccc3)c(C)sc2n1. The Balaban J connectivity index is 2.18. The molecule has 1 atom stereocenters. The highest BCUT2D eigenvalue weighted by Gasteiger charge is 2.24. The first kappa shape index (κ1) is 17.8. The molecule has 1 unspecified atom stereocenters. The van der Waals surface area contributed by atoms with Gasteiger partial charge in [0.2, 0.25) is 0 Å². The summed E-state index contributed by atoms with van der Waals surface area (Å²) in [7, 11) is 0. The zero-order chi connectivity index (χ0) is 18.8. The van der Waals surface area contributed by atoms with Crippen molar-refractivity contribution in [2.75, 3.05) is 5.32 Å². The molecule has 0 bridgehead atoms. The Bertz CT molecular complexity index is 985. The van der Waals surface area contributed by atoms with Crippen LogP contribution in [-0.2, 0) is 9.59 Å². The number of hydrogen-bond donors (Lipinski definition) is 3. The normalized spacial score (nSPS) is 12.1. The van der Waals surface area contributed by atoms with Gasteiger partial charge in [0.1, 0.15) is 22.5 Å². The highest BCUT2D eigenvalue weighted by molar-refractivity contribution is 7.19. The maximum absolute atomic E-state index is 11.5. The molecule has 134 valence electrons. The molecule has 0 radical (unpaired) electrons. The predicted molar refractivity (Wildman–Crippen MR) is 99.6 cm³/mol. The zero-order valence-electron chi connectivity index (χ0n) is 14.2. The molecule has 0 aliphatic carbocycles. The average Bonchev–Trinajstić information content (AvgIpc) is 2.90. The van der Waals surface area contributed by atoms with Crippen LogP contribution in [0.2, 0.25) is 0 Å². The number of hydrogen-bond acceptors (Lipinski definition) is 6. The van der Waals surface area contributed by atoms with Gasteiger partial charge in [-0.25, -0.2) is 14.8 Å². The third-order valence-corrected chi connectivity index (χ3v) is 4.89. The smallest absolute Gasteiger partial charge is 0.326 e. The number of carboxylic acid groups (broad SMARTS) is 2. The highest BCUT2D eigenvalue weighted by atomic mass is 32.1. The average molecular weight is 371 g/mol. The van der Waals surface area contributed by atoms with Crippen LogP contribution >= 0.6 is 11.3 Å². The Morgan fingerprint density at radius 2 is 1.85 bits per heavy atom. The number of anilines is 1. The fraction of sp³-hybridized carbons (Fsp3) is 0.222. The van der Waals surface area contributed by atoms with Gasteiger partial charge < -0.3 is 15.5 Å². The van der Waals surface area contributed by atoms with Gasteiger partial charge in [-0.05, 0) is 19.4 Å². The molecular weight excluding hydrogens is 354 g/mol. The van der Waals surface area contributed by atoms with Gasteiger partial charge in [-0.3, -0.25) is 4.79 Å². The van der Waals surface area contributed by atoms with E-state index in [0.29, 0.717) is 17.0 Å². The van der Waals surface area contributed by atoms with E-state index in [2.05, 4.69) is 15.3 Å². The summed E-state index contributed by atoms with van der Waals surface area (Å²) in [4.78, 5) is 33.0. The number of aryl methyl sites for hydroxylation is 2. The molecule has 8 heteroatoms. The standard InChI is InChI=1S/C18H17N3O4S/c1-9-14(11-6-4-3-5-7-11)15-16(19-10(2)20-17(15)26-9)21-12(18(24)25)8-13(22)23/h3-7,12H,8H2,1-2H3,(H,22,23)(H,24,25)(H,19,20,21). The van der Waals surface area contributed by atoms with Crippen LogP contribution in [0.15, 0.2) is 30.3 Å². The Labute approximate surface area is 153 Å². The lowest BCUT2D eigenvalue weighted by Gasteiger charge is -2.15. The summed E-state index contributed by atoms with van der Waals surface area (Å²) < 4.78 is 0. The van der Waals surface area contributed by atoms with Crippen LogP contribution in [0.3, 0.4) is 0 Å². The van der Waals surface area contributed by atoms with Crippen LogP contribution in [0.5, 0.6) is 0 Å². The van der Waals surface area contributed by atoms with E-state index < -0.39 is 24.4 Å². The Hall–Kier alpha value is -3.00. The first-order valence-corrected chi connectivity index (χ1v) is 8.72. The monoisotopic (exact) mass is 371 g/mol. The van der Waals surface area contributed by atoms with E-state index in [9.17, 15) is 14.7 Å². The van der Waals surface area contributed by atoms with Crippen molar-refractivity contribution in [2.24, 2.45) is 0 Å². The van der Waals surface area contributed by atoms with Gasteiger partial charge in [0.15, 0.2) is 0 Å². The van der Waals surface area contributed by atoms with E-state index >= 15 is 0 Å². The molecular formula is C18H17N3O4S. The van der Waals surface area contributed by atoms with Crippen molar-refractivity contribution >= 4 is 39.3 Å². The van der Waals surface area contributed by atoms with Crippen molar-refractivity contribution in [3.63, 3.8) is 0 Å². The Morgan fingerprint density at radius 3 is 2.46 bits per heavy atom. The number of nitrogens with zero attached hydrogens (tertiary/aromatic N) is 2. The van der Waals surface area contributed by atoms with Gasteiger partial charge in [-0.1, -0.05) is 30.3 Å². The van der Waals surface area contributed by atoms with Crippen molar-refractivity contribution in [3.05, 3.63) is 41.0 Å². The minimum Gasteiger partial charge on any atom is -0.481 e. The van der Waals surface area contributed by atoms with Gasteiger partial charge in [-0.15, -0.1) is 11.3 Å². The molecule has 1 aromatic carbocycles. The van der Waals surface area contributed by atoms with E-state index in [0.717, 1.165) is 20.8 Å². The van der Waals surface area contributed by atoms with Crippen LogP contribution in [0.25, 0.3) is 21.3 Å². The number of aromatic nitrogens is 2. The number of aliphatic carboxylic acids is 2. The molecule has 0 amide bonds. The molecule has 0 aliphatic rings. The van der Waals surface area contributed by atoms with Crippen LogP contribution < -0.4 is 5.32 Å². The topological polar surface area (TPSA) is 112 Å². The van der Waals surface area contributed by atoms with E-state index in [1.165, 1.54) is 11.3 Å². The second kappa shape index (κ2) is 7.09. The summed E-state index contributed by atoms with van der Waals surface area (Å²) in [5.41, 5.74) is 1.89. The largest absolute Gasteiger partial charge is 0.481 e. The third-order valence-electron chi connectivity index (χ3n) is 3.89. The quantitative estimate of drug-likeness (QED) is 0.609. The lowest BCUT2D eigenvalue weighted by molar-refractivity contribution is -0.144. The zero-order valence-corrected chi connectivity index (χ0v) is 15.0. The number of carbonyl (C=O) groups is 2. The molecule has 0 saturated carbocycles. The van der Waals surface area contributed by atoms with E-state index in [4.69, 9.17) is 5.11 Å². The second-order valence-corrected chi connectivity index (χ2v) is 7.04. The fourth-order valence-electron chi connectivity index (χ4n) is 2.81. The van der Waals surface area contributed by atoms with Gasteiger partial charge >= 0.3 is 11.9 Å². The summed E-state index contributed by atoms with van der Waals surface area (Å²) in [6.07, 6.45) is -0.552.